The second kappa shape index (κ2) is 5.42. The van der Waals surface area contributed by atoms with E-state index < -0.39 is 5.97 Å². The van der Waals surface area contributed by atoms with Crippen LogP contribution in [0.2, 0.25) is 0 Å². The van der Waals surface area contributed by atoms with E-state index in [4.69, 9.17) is 0 Å². The van der Waals surface area contributed by atoms with Crippen LogP contribution < -0.4 is 4.90 Å². The van der Waals surface area contributed by atoms with Crippen LogP contribution in [0.3, 0.4) is 0 Å². The Labute approximate surface area is 108 Å². The number of carbonyl (C=O) groups is 1. The third-order valence-electron chi connectivity index (χ3n) is 4.08. The highest BCUT2D eigenvalue weighted by Crippen LogP contribution is 2.31. The van der Waals surface area contributed by atoms with Gasteiger partial charge in [-0.25, -0.2) is 4.79 Å². The van der Waals surface area contributed by atoms with Crippen LogP contribution >= 0.6 is 0 Å². The molecule has 0 radical (unpaired) electrons. The molecule has 2 atom stereocenters. The van der Waals surface area contributed by atoms with Crippen LogP contribution in [0.1, 0.15) is 43.0 Å². The van der Waals surface area contributed by atoms with Crippen molar-refractivity contribution in [2.45, 2.75) is 38.6 Å². The number of rotatable bonds is 3. The Balaban J connectivity index is 2.27. The Morgan fingerprint density at radius 3 is 2.61 bits per heavy atom. The van der Waals surface area contributed by atoms with Gasteiger partial charge in [-0.3, -0.25) is 0 Å². The molecule has 0 aromatic heterocycles. The van der Waals surface area contributed by atoms with Crippen LogP contribution in [0.25, 0.3) is 0 Å². The molecule has 2 unspecified atom stereocenters. The predicted molar refractivity (Wildman–Crippen MR) is 73.2 cm³/mol. The third kappa shape index (κ3) is 2.50. The summed E-state index contributed by atoms with van der Waals surface area (Å²) >= 11 is 0. The number of anilines is 1. The fourth-order valence-corrected chi connectivity index (χ4v) is 3.01. The molecule has 98 valence electrons. The molecule has 2 rings (SSSR count). The number of aromatic carboxylic acids is 1. The normalized spacial score (nSPS) is 23.7. The first-order valence-corrected chi connectivity index (χ1v) is 6.66. The minimum atomic E-state index is -0.846. The monoisotopic (exact) mass is 247 g/mol. The molecule has 0 aliphatic heterocycles. The predicted octanol–water partition coefficient (Wildman–Crippen LogP) is 3.40. The number of nitrogens with zero attached hydrogens (tertiary/aromatic N) is 1. The van der Waals surface area contributed by atoms with Crippen molar-refractivity contribution in [3.63, 3.8) is 0 Å². The van der Waals surface area contributed by atoms with E-state index in [1.807, 2.05) is 19.2 Å². The second-order valence-corrected chi connectivity index (χ2v) is 5.26. The molecule has 18 heavy (non-hydrogen) atoms. The zero-order valence-corrected chi connectivity index (χ0v) is 11.1. The molecular weight excluding hydrogens is 226 g/mol. The topological polar surface area (TPSA) is 40.5 Å². The summed E-state index contributed by atoms with van der Waals surface area (Å²) in [5.74, 6) is -0.216. The van der Waals surface area contributed by atoms with Gasteiger partial charge in [-0.2, -0.15) is 0 Å². The van der Waals surface area contributed by atoms with E-state index in [1.165, 1.54) is 19.3 Å². The first kappa shape index (κ1) is 12.9. The van der Waals surface area contributed by atoms with E-state index in [-0.39, 0.29) is 0 Å². The molecule has 1 saturated carbocycles. The smallest absolute Gasteiger partial charge is 0.337 e. The van der Waals surface area contributed by atoms with Crippen molar-refractivity contribution >= 4 is 11.7 Å². The standard InChI is InChI=1S/C15H21NO2/c1-11-7-3-5-9-13(11)16(2)14-10-6-4-8-12(14)15(17)18/h4,6,8,10-11,13H,3,5,7,9H2,1-2H3,(H,17,18). The summed E-state index contributed by atoms with van der Waals surface area (Å²) in [4.78, 5) is 13.4. The van der Waals surface area contributed by atoms with Crippen LogP contribution in [-0.2, 0) is 0 Å². The van der Waals surface area contributed by atoms with Crippen LogP contribution in [-0.4, -0.2) is 24.2 Å². The second-order valence-electron chi connectivity index (χ2n) is 5.26. The lowest BCUT2D eigenvalue weighted by Crippen LogP contribution is -2.39. The van der Waals surface area contributed by atoms with Gasteiger partial charge in [-0.05, 0) is 30.9 Å². The van der Waals surface area contributed by atoms with E-state index in [2.05, 4.69) is 11.8 Å². The Hall–Kier alpha value is -1.51. The molecule has 1 aromatic carbocycles. The molecule has 1 N–H and O–H groups in total. The van der Waals surface area contributed by atoms with Gasteiger partial charge in [0.15, 0.2) is 0 Å². The van der Waals surface area contributed by atoms with Gasteiger partial charge in [0.2, 0.25) is 0 Å². The lowest BCUT2D eigenvalue weighted by atomic mass is 9.84. The van der Waals surface area contributed by atoms with Crippen LogP contribution in [0, 0.1) is 5.92 Å². The maximum absolute atomic E-state index is 11.3. The highest BCUT2D eigenvalue weighted by atomic mass is 16.4. The maximum Gasteiger partial charge on any atom is 0.337 e. The summed E-state index contributed by atoms with van der Waals surface area (Å²) in [6.07, 6.45) is 4.94. The van der Waals surface area contributed by atoms with Crippen LogP contribution in [0.5, 0.6) is 0 Å². The largest absolute Gasteiger partial charge is 0.478 e. The average Bonchev–Trinajstić information content (AvgIpc) is 2.38. The fourth-order valence-electron chi connectivity index (χ4n) is 3.01. The molecule has 1 aliphatic rings. The van der Waals surface area contributed by atoms with Crippen molar-refractivity contribution in [1.29, 1.82) is 0 Å². The molecule has 0 amide bonds. The van der Waals surface area contributed by atoms with Crippen molar-refractivity contribution < 1.29 is 9.90 Å². The van der Waals surface area contributed by atoms with E-state index in [0.717, 1.165) is 12.1 Å². The lowest BCUT2D eigenvalue weighted by Gasteiger charge is -2.38. The van der Waals surface area contributed by atoms with Crippen molar-refractivity contribution in [1.82, 2.24) is 0 Å². The van der Waals surface area contributed by atoms with E-state index in [1.54, 1.807) is 12.1 Å². The summed E-state index contributed by atoms with van der Waals surface area (Å²) in [5, 5.41) is 9.25. The molecule has 0 bridgehead atoms. The Kier molecular flexibility index (Phi) is 3.90. The maximum atomic E-state index is 11.3. The Bertz CT molecular complexity index is 430. The van der Waals surface area contributed by atoms with E-state index in [0.29, 0.717) is 17.5 Å². The van der Waals surface area contributed by atoms with Crippen molar-refractivity contribution in [3.05, 3.63) is 29.8 Å². The fraction of sp³-hybridized carbons (Fsp3) is 0.533. The number of carboxylic acids is 1. The summed E-state index contributed by atoms with van der Waals surface area (Å²) in [5.41, 5.74) is 1.24. The zero-order chi connectivity index (χ0) is 13.1. The molecule has 0 saturated heterocycles. The highest BCUT2D eigenvalue weighted by molar-refractivity contribution is 5.94. The molecule has 0 spiro atoms. The van der Waals surface area contributed by atoms with Crippen molar-refractivity contribution in [3.8, 4) is 0 Å². The number of para-hydroxylation sites is 1. The first-order valence-electron chi connectivity index (χ1n) is 6.66. The molecule has 3 heteroatoms. The van der Waals surface area contributed by atoms with Gasteiger partial charge in [-0.1, -0.05) is 31.9 Å². The van der Waals surface area contributed by atoms with Crippen molar-refractivity contribution in [2.75, 3.05) is 11.9 Å². The minimum absolute atomic E-state index is 0.401. The van der Waals surface area contributed by atoms with Crippen LogP contribution in [0.15, 0.2) is 24.3 Å². The van der Waals surface area contributed by atoms with Gasteiger partial charge in [0.25, 0.3) is 0 Å². The zero-order valence-electron chi connectivity index (χ0n) is 11.1. The van der Waals surface area contributed by atoms with Gasteiger partial charge in [0, 0.05) is 13.1 Å². The summed E-state index contributed by atoms with van der Waals surface area (Å²) in [7, 11) is 2.02. The summed E-state index contributed by atoms with van der Waals surface area (Å²) in [6, 6.07) is 7.74. The van der Waals surface area contributed by atoms with Gasteiger partial charge in [0.05, 0.1) is 11.3 Å². The quantitative estimate of drug-likeness (QED) is 0.890. The SMILES string of the molecule is CC1CCCCC1N(C)c1ccccc1C(=O)O. The van der Waals surface area contributed by atoms with Gasteiger partial charge in [0.1, 0.15) is 0 Å². The first-order chi connectivity index (χ1) is 8.61. The van der Waals surface area contributed by atoms with E-state index in [9.17, 15) is 9.90 Å². The van der Waals surface area contributed by atoms with Crippen molar-refractivity contribution in [2.24, 2.45) is 5.92 Å². The number of hydrogen-bond donors (Lipinski definition) is 1. The summed E-state index contributed by atoms with van der Waals surface area (Å²) in [6.45, 7) is 2.27. The lowest BCUT2D eigenvalue weighted by molar-refractivity contribution is 0.0697. The molecule has 1 fully saturated rings. The molecule has 0 heterocycles. The Morgan fingerprint density at radius 1 is 1.28 bits per heavy atom. The summed E-state index contributed by atoms with van der Waals surface area (Å²) < 4.78 is 0. The van der Waals surface area contributed by atoms with Gasteiger partial charge >= 0.3 is 5.97 Å². The van der Waals surface area contributed by atoms with Gasteiger partial charge in [-0.15, -0.1) is 0 Å². The average molecular weight is 247 g/mol. The van der Waals surface area contributed by atoms with Crippen LogP contribution in [0.4, 0.5) is 5.69 Å². The molecule has 1 aliphatic carbocycles. The molecule has 1 aromatic rings. The van der Waals surface area contributed by atoms with E-state index >= 15 is 0 Å². The number of carboxylic acid groups (broad SMARTS) is 1. The number of benzene rings is 1. The third-order valence-corrected chi connectivity index (χ3v) is 4.08. The van der Waals surface area contributed by atoms with Gasteiger partial charge < -0.3 is 10.0 Å². The molecular formula is C15H21NO2. The molecule has 3 nitrogen and oxygen atoms in total. The Morgan fingerprint density at radius 2 is 1.94 bits per heavy atom. The number of hydrogen-bond acceptors (Lipinski definition) is 2. The highest BCUT2D eigenvalue weighted by Gasteiger charge is 2.27. The minimum Gasteiger partial charge on any atom is -0.478 e.